The van der Waals surface area contributed by atoms with Gasteiger partial charge in [-0.1, -0.05) is 0 Å². The number of anilines is 2. The molecule has 2 aromatic rings. The van der Waals surface area contributed by atoms with Gasteiger partial charge in [-0.15, -0.1) is 0 Å². The maximum Gasteiger partial charge on any atom is 0.257 e. The van der Waals surface area contributed by atoms with Crippen LogP contribution in [0.2, 0.25) is 0 Å². The van der Waals surface area contributed by atoms with E-state index in [2.05, 4.69) is 10.3 Å². The Hall–Kier alpha value is -2.63. The molecule has 2 rings (SSSR count). The monoisotopic (exact) mass is 275 g/mol. The van der Waals surface area contributed by atoms with Gasteiger partial charge in [-0.25, -0.2) is 9.37 Å². The van der Waals surface area contributed by atoms with Crippen molar-refractivity contribution in [3.63, 3.8) is 0 Å². The lowest BCUT2D eigenvalue weighted by molar-refractivity contribution is 0.102. The Kier molecular flexibility index (Phi) is 4.14. The Morgan fingerprint density at radius 2 is 2.20 bits per heavy atom. The van der Waals surface area contributed by atoms with Crippen molar-refractivity contribution in [2.45, 2.75) is 6.92 Å². The minimum atomic E-state index is -0.519. The van der Waals surface area contributed by atoms with E-state index in [0.29, 0.717) is 18.2 Å². The number of carbonyl (C=O) groups excluding carboxylic acids is 1. The van der Waals surface area contributed by atoms with Crippen LogP contribution >= 0.6 is 0 Å². The van der Waals surface area contributed by atoms with Gasteiger partial charge in [-0.3, -0.25) is 4.79 Å². The number of hydrogen-bond acceptors (Lipinski definition) is 4. The average Bonchev–Trinajstić information content (AvgIpc) is 2.44. The van der Waals surface area contributed by atoms with Gasteiger partial charge < -0.3 is 15.8 Å². The summed E-state index contributed by atoms with van der Waals surface area (Å²) >= 11 is 0. The highest BCUT2D eigenvalue weighted by Crippen LogP contribution is 2.17. The van der Waals surface area contributed by atoms with Crippen molar-refractivity contribution in [1.82, 2.24) is 4.98 Å². The molecule has 3 N–H and O–H groups in total. The van der Waals surface area contributed by atoms with Crippen LogP contribution in [0.25, 0.3) is 0 Å². The maximum atomic E-state index is 13.1. The first-order valence-corrected chi connectivity index (χ1v) is 6.05. The lowest BCUT2D eigenvalue weighted by Gasteiger charge is -2.08. The molecule has 104 valence electrons. The van der Waals surface area contributed by atoms with Crippen LogP contribution < -0.4 is 15.8 Å². The molecule has 0 spiro atoms. The topological polar surface area (TPSA) is 77.2 Å². The zero-order valence-electron chi connectivity index (χ0n) is 10.9. The fourth-order valence-electron chi connectivity index (χ4n) is 1.61. The summed E-state index contributed by atoms with van der Waals surface area (Å²) in [7, 11) is 0. The van der Waals surface area contributed by atoms with E-state index in [1.54, 1.807) is 12.1 Å². The smallest absolute Gasteiger partial charge is 0.257 e. The van der Waals surface area contributed by atoms with Crippen molar-refractivity contribution < 1.29 is 13.9 Å². The molecule has 0 saturated heterocycles. The molecule has 20 heavy (non-hydrogen) atoms. The van der Waals surface area contributed by atoms with Crippen LogP contribution in [0.4, 0.5) is 15.8 Å². The van der Waals surface area contributed by atoms with E-state index in [-0.39, 0.29) is 11.3 Å². The number of benzene rings is 1. The number of pyridine rings is 1. The molecule has 1 aromatic carbocycles. The summed E-state index contributed by atoms with van der Waals surface area (Å²) in [6.07, 6.45) is 1.46. The van der Waals surface area contributed by atoms with Crippen LogP contribution in [0.3, 0.4) is 0 Å². The van der Waals surface area contributed by atoms with Crippen molar-refractivity contribution in [2.24, 2.45) is 0 Å². The number of nitrogens with one attached hydrogen (secondary N) is 1. The summed E-state index contributed by atoms with van der Waals surface area (Å²) < 4.78 is 18.3. The number of nitrogens with two attached hydrogens (primary N) is 1. The molecule has 5 nitrogen and oxygen atoms in total. The third kappa shape index (κ3) is 3.23. The van der Waals surface area contributed by atoms with Crippen LogP contribution in [0.1, 0.15) is 17.3 Å². The van der Waals surface area contributed by atoms with Gasteiger partial charge in [0, 0.05) is 11.8 Å². The minimum absolute atomic E-state index is 0.0823. The number of halogens is 1. The van der Waals surface area contributed by atoms with Crippen molar-refractivity contribution >= 4 is 17.3 Å². The molecule has 0 aliphatic carbocycles. The number of aromatic nitrogens is 1. The number of amides is 1. The van der Waals surface area contributed by atoms with Crippen LogP contribution in [0.5, 0.6) is 5.88 Å². The van der Waals surface area contributed by atoms with E-state index in [0.717, 1.165) is 6.07 Å². The number of hydrogen-bond donors (Lipinski definition) is 2. The molecule has 1 heterocycles. The van der Waals surface area contributed by atoms with Crippen molar-refractivity contribution in [1.29, 1.82) is 0 Å². The standard InChI is InChI=1S/C14H14FN3O2/c1-2-20-13-6-4-10(8-17-13)18-14(19)11-7-9(15)3-5-12(11)16/h3-8H,2,16H2,1H3,(H,18,19). The summed E-state index contributed by atoms with van der Waals surface area (Å²) in [5.41, 5.74) is 6.41. The molecule has 0 aliphatic rings. The van der Waals surface area contributed by atoms with Gasteiger partial charge in [0.05, 0.1) is 24.1 Å². The number of ether oxygens (including phenoxy) is 1. The molecule has 1 amide bonds. The van der Waals surface area contributed by atoms with Gasteiger partial charge >= 0.3 is 0 Å². The molecule has 0 radical (unpaired) electrons. The summed E-state index contributed by atoms with van der Waals surface area (Å²) in [6, 6.07) is 6.91. The zero-order chi connectivity index (χ0) is 14.5. The van der Waals surface area contributed by atoms with Crippen molar-refractivity contribution in [3.8, 4) is 5.88 Å². The van der Waals surface area contributed by atoms with Gasteiger partial charge in [-0.2, -0.15) is 0 Å². The normalized spacial score (nSPS) is 10.1. The summed E-state index contributed by atoms with van der Waals surface area (Å²) in [5.74, 6) is -0.544. The van der Waals surface area contributed by atoms with E-state index in [1.165, 1.54) is 18.3 Å². The zero-order valence-corrected chi connectivity index (χ0v) is 10.9. The summed E-state index contributed by atoms with van der Waals surface area (Å²) in [5, 5.41) is 2.59. The first kappa shape index (κ1) is 13.8. The molecular weight excluding hydrogens is 261 g/mol. The van der Waals surface area contributed by atoms with Gasteiger partial charge in [-0.05, 0) is 31.2 Å². The Bertz CT molecular complexity index is 614. The van der Waals surface area contributed by atoms with Crippen molar-refractivity contribution in [2.75, 3.05) is 17.7 Å². The first-order chi connectivity index (χ1) is 9.60. The maximum absolute atomic E-state index is 13.1. The summed E-state index contributed by atoms with van der Waals surface area (Å²) in [6.45, 7) is 2.36. The molecule has 6 heteroatoms. The highest BCUT2D eigenvalue weighted by atomic mass is 19.1. The lowest BCUT2D eigenvalue weighted by Crippen LogP contribution is -2.14. The first-order valence-electron chi connectivity index (χ1n) is 6.05. The second-order valence-electron chi connectivity index (χ2n) is 4.00. The molecule has 0 fully saturated rings. The number of nitrogens with zero attached hydrogens (tertiary/aromatic N) is 1. The summed E-state index contributed by atoms with van der Waals surface area (Å²) in [4.78, 5) is 16.0. The molecule has 0 bridgehead atoms. The minimum Gasteiger partial charge on any atom is -0.478 e. The lowest BCUT2D eigenvalue weighted by atomic mass is 10.1. The largest absolute Gasteiger partial charge is 0.478 e. The number of rotatable bonds is 4. The molecule has 0 atom stereocenters. The second kappa shape index (κ2) is 6.01. The van der Waals surface area contributed by atoms with Gasteiger partial charge in [0.1, 0.15) is 5.82 Å². The average molecular weight is 275 g/mol. The molecule has 0 aliphatic heterocycles. The van der Waals surface area contributed by atoms with Crippen LogP contribution in [0.15, 0.2) is 36.5 Å². The fraction of sp³-hybridized carbons (Fsp3) is 0.143. The third-order valence-corrected chi connectivity index (χ3v) is 2.55. The van der Waals surface area contributed by atoms with Crippen LogP contribution in [-0.4, -0.2) is 17.5 Å². The van der Waals surface area contributed by atoms with E-state index < -0.39 is 11.7 Å². The van der Waals surface area contributed by atoms with Crippen LogP contribution in [-0.2, 0) is 0 Å². The highest BCUT2D eigenvalue weighted by molar-refractivity contribution is 6.07. The third-order valence-electron chi connectivity index (χ3n) is 2.55. The van der Waals surface area contributed by atoms with Gasteiger partial charge in [0.15, 0.2) is 0 Å². The molecule has 0 unspecified atom stereocenters. The number of nitrogen functional groups attached to an aromatic ring is 1. The Labute approximate surface area is 115 Å². The Morgan fingerprint density at radius 3 is 2.85 bits per heavy atom. The number of carbonyl (C=O) groups is 1. The molecule has 1 aromatic heterocycles. The molecular formula is C14H14FN3O2. The van der Waals surface area contributed by atoms with Gasteiger partial charge in [0.25, 0.3) is 5.91 Å². The molecule has 0 saturated carbocycles. The predicted octanol–water partition coefficient (Wildman–Crippen LogP) is 2.45. The highest BCUT2D eigenvalue weighted by Gasteiger charge is 2.11. The Balaban J connectivity index is 2.13. The van der Waals surface area contributed by atoms with E-state index in [4.69, 9.17) is 10.5 Å². The predicted molar refractivity (Wildman–Crippen MR) is 74.2 cm³/mol. The second-order valence-corrected chi connectivity index (χ2v) is 4.00. The SMILES string of the molecule is CCOc1ccc(NC(=O)c2cc(F)ccc2N)cn1. The van der Waals surface area contributed by atoms with Crippen LogP contribution in [0, 0.1) is 5.82 Å². The van der Waals surface area contributed by atoms with E-state index in [1.807, 2.05) is 6.92 Å². The van der Waals surface area contributed by atoms with E-state index in [9.17, 15) is 9.18 Å². The fourth-order valence-corrected chi connectivity index (χ4v) is 1.61. The van der Waals surface area contributed by atoms with E-state index >= 15 is 0 Å². The quantitative estimate of drug-likeness (QED) is 0.840. The van der Waals surface area contributed by atoms with Crippen molar-refractivity contribution in [3.05, 3.63) is 47.9 Å². The Morgan fingerprint density at radius 1 is 1.40 bits per heavy atom. The van der Waals surface area contributed by atoms with Gasteiger partial charge in [0.2, 0.25) is 5.88 Å².